The summed E-state index contributed by atoms with van der Waals surface area (Å²) in [5.41, 5.74) is 6.46. The lowest BCUT2D eigenvalue weighted by molar-refractivity contribution is -0.144. The van der Waals surface area contributed by atoms with E-state index < -0.39 is 47.9 Å². The summed E-state index contributed by atoms with van der Waals surface area (Å²) in [6.07, 6.45) is 2.58. The molecule has 0 fully saturated rings. The number of anilines is 1. The standard InChI is InChI=1S/C39H32N6O7/c1-17(2)31-37-44-33-34(52-37)39-22-8-4-7-20(19-6-5-9-24-30(19)21(15-40-24)27-16-41-36(33)50-27)32(22)45-38(39)51-26-11-10-18(12-23(26)39)13-25(35(48)43-31)42-28(46)14-29(47)49-3/h4-12,15-17,25,31,38,40,45H,13-14H2,1-3H3,(H,42,46)(H,43,48)/t25-,31-,38?,39-/m0/s1. The Labute approximate surface area is 296 Å². The topological polar surface area (TPSA) is 174 Å². The maximum Gasteiger partial charge on any atom is 0.315 e. The minimum Gasteiger partial charge on any atom is -0.469 e. The molecule has 0 radical (unpaired) electrons. The maximum atomic E-state index is 14.1. The third-order valence-electron chi connectivity index (χ3n) is 10.7. The Kier molecular flexibility index (Phi) is 6.33. The number of amides is 2. The lowest BCUT2D eigenvalue weighted by Gasteiger charge is -2.28. The Morgan fingerprint density at radius 1 is 1.04 bits per heavy atom. The molecular weight excluding hydrogens is 664 g/mol. The van der Waals surface area contributed by atoms with Gasteiger partial charge in [0.05, 0.1) is 13.3 Å². The predicted octanol–water partition coefficient (Wildman–Crippen LogP) is 5.35. The van der Waals surface area contributed by atoms with Gasteiger partial charge in [0.25, 0.3) is 0 Å². The Bertz CT molecular complexity index is 2510. The van der Waals surface area contributed by atoms with Crippen molar-refractivity contribution in [3.63, 3.8) is 0 Å². The quantitative estimate of drug-likeness (QED) is 0.139. The van der Waals surface area contributed by atoms with E-state index in [9.17, 15) is 14.4 Å². The summed E-state index contributed by atoms with van der Waals surface area (Å²) < 4.78 is 25.0. The third kappa shape index (κ3) is 4.13. The third-order valence-corrected chi connectivity index (χ3v) is 10.7. The number of nitrogens with one attached hydrogen (secondary N) is 4. The molecule has 3 aromatic heterocycles. The highest BCUT2D eigenvalue weighted by Crippen LogP contribution is 2.61. The van der Waals surface area contributed by atoms with Crippen LogP contribution in [0.2, 0.25) is 0 Å². The van der Waals surface area contributed by atoms with Gasteiger partial charge in [-0.2, -0.15) is 0 Å². The van der Waals surface area contributed by atoms with Crippen LogP contribution in [0.15, 0.2) is 75.8 Å². The van der Waals surface area contributed by atoms with Crippen molar-refractivity contribution in [3.05, 3.63) is 95.3 Å². The van der Waals surface area contributed by atoms with Gasteiger partial charge in [-0.25, -0.2) is 9.97 Å². The first kappa shape index (κ1) is 30.5. The zero-order valence-electron chi connectivity index (χ0n) is 28.3. The molecule has 3 aromatic carbocycles. The van der Waals surface area contributed by atoms with Crippen LogP contribution in [0, 0.1) is 5.92 Å². The van der Waals surface area contributed by atoms with Crippen LogP contribution in [-0.4, -0.2) is 52.1 Å². The number of carbonyl (C=O) groups is 3. The first-order valence-corrected chi connectivity index (χ1v) is 17.2. The molecule has 0 saturated carbocycles. The molecule has 1 unspecified atom stereocenters. The number of ether oxygens (including phenoxy) is 2. The van der Waals surface area contributed by atoms with Gasteiger partial charge in [0.15, 0.2) is 23.4 Å². The highest BCUT2D eigenvalue weighted by Gasteiger charge is 2.61. The molecule has 260 valence electrons. The molecule has 4 atom stereocenters. The molecule has 10 rings (SSSR count). The average molecular weight is 697 g/mol. The van der Waals surface area contributed by atoms with E-state index >= 15 is 0 Å². The Hall–Kier alpha value is -6.37. The van der Waals surface area contributed by atoms with Crippen molar-refractivity contribution in [1.82, 2.24) is 25.6 Å². The molecule has 7 heterocycles. The number of esters is 1. The molecule has 0 aliphatic carbocycles. The summed E-state index contributed by atoms with van der Waals surface area (Å²) in [6, 6.07) is 16.4. The molecule has 0 saturated heterocycles. The Morgan fingerprint density at radius 2 is 1.88 bits per heavy atom. The van der Waals surface area contributed by atoms with Gasteiger partial charge in [0.1, 0.15) is 29.7 Å². The zero-order chi connectivity index (χ0) is 35.5. The molecule has 4 N–H and O–H groups in total. The number of aromatic nitrogens is 3. The van der Waals surface area contributed by atoms with Crippen molar-refractivity contribution in [3.8, 4) is 39.8 Å². The highest BCUT2D eigenvalue weighted by molar-refractivity contribution is 6.07. The van der Waals surface area contributed by atoms with E-state index in [-0.39, 0.29) is 24.1 Å². The molecule has 10 bridgehead atoms. The van der Waals surface area contributed by atoms with E-state index in [1.807, 2.05) is 56.4 Å². The van der Waals surface area contributed by atoms with Crippen molar-refractivity contribution in [2.75, 3.05) is 12.4 Å². The Balaban J connectivity index is 1.27. The van der Waals surface area contributed by atoms with E-state index in [0.717, 1.165) is 50.0 Å². The van der Waals surface area contributed by atoms with Gasteiger partial charge in [-0.05, 0) is 29.2 Å². The Morgan fingerprint density at radius 3 is 2.73 bits per heavy atom. The summed E-state index contributed by atoms with van der Waals surface area (Å²) in [5, 5.41) is 10.6. The minimum absolute atomic E-state index is 0.137. The van der Waals surface area contributed by atoms with Crippen molar-refractivity contribution < 1.29 is 32.7 Å². The number of nitrogens with zero attached hydrogens (tertiary/aromatic N) is 2. The number of hydrogen-bond acceptors (Lipinski definition) is 10. The second-order valence-electron chi connectivity index (χ2n) is 14.0. The van der Waals surface area contributed by atoms with Crippen LogP contribution in [0.5, 0.6) is 5.75 Å². The van der Waals surface area contributed by atoms with Crippen LogP contribution in [0.4, 0.5) is 5.69 Å². The average Bonchev–Trinajstić information content (AvgIpc) is 3.95. The van der Waals surface area contributed by atoms with Crippen molar-refractivity contribution in [2.24, 2.45) is 5.92 Å². The largest absolute Gasteiger partial charge is 0.469 e. The molecule has 2 amide bonds. The second kappa shape index (κ2) is 10.8. The summed E-state index contributed by atoms with van der Waals surface area (Å²) in [5.74, 6) is 0.175. The van der Waals surface area contributed by atoms with E-state index in [1.54, 1.807) is 6.20 Å². The number of oxazole rings is 2. The van der Waals surface area contributed by atoms with Crippen molar-refractivity contribution >= 4 is 34.4 Å². The molecule has 1 spiro atoms. The van der Waals surface area contributed by atoms with Crippen LogP contribution in [0.25, 0.3) is 44.9 Å². The minimum atomic E-state index is -1.08. The van der Waals surface area contributed by atoms with Gasteiger partial charge in [0.2, 0.25) is 23.6 Å². The van der Waals surface area contributed by atoms with Gasteiger partial charge < -0.3 is 39.2 Å². The first-order chi connectivity index (χ1) is 25.2. The van der Waals surface area contributed by atoms with E-state index in [2.05, 4.69) is 39.1 Å². The van der Waals surface area contributed by atoms with Crippen LogP contribution in [0.1, 0.15) is 54.7 Å². The smallest absolute Gasteiger partial charge is 0.315 e. The number of hydrogen-bond donors (Lipinski definition) is 4. The number of rotatable bonds is 4. The number of aromatic amines is 1. The number of fused-ring (bicyclic) bond motifs is 7. The predicted molar refractivity (Wildman–Crippen MR) is 187 cm³/mol. The van der Waals surface area contributed by atoms with Gasteiger partial charge in [-0.15, -0.1) is 0 Å². The van der Waals surface area contributed by atoms with Gasteiger partial charge in [-0.3, -0.25) is 14.4 Å². The van der Waals surface area contributed by atoms with Gasteiger partial charge in [0, 0.05) is 51.5 Å². The summed E-state index contributed by atoms with van der Waals surface area (Å²) in [4.78, 5) is 52.3. The van der Waals surface area contributed by atoms with Crippen LogP contribution >= 0.6 is 0 Å². The maximum absolute atomic E-state index is 14.1. The monoisotopic (exact) mass is 696 g/mol. The summed E-state index contributed by atoms with van der Waals surface area (Å²) >= 11 is 0. The number of para-hydroxylation sites is 1. The van der Waals surface area contributed by atoms with Gasteiger partial charge >= 0.3 is 5.97 Å². The summed E-state index contributed by atoms with van der Waals surface area (Å²) in [7, 11) is 1.21. The molecule has 13 nitrogen and oxygen atoms in total. The SMILES string of the molecule is COC(=O)CC(=O)N[C@H]1Cc2ccc3c(c2)[C@]24c5cccc(c5NC2O3)-c2cccc3[nH]cc(c23)-c2cnc(o2)-c2nc(oc24)[C@H](C(C)C)NC1=O. The van der Waals surface area contributed by atoms with E-state index in [0.29, 0.717) is 23.0 Å². The second-order valence-corrected chi connectivity index (χ2v) is 14.0. The van der Waals surface area contributed by atoms with E-state index in [1.165, 1.54) is 7.11 Å². The van der Waals surface area contributed by atoms with Crippen LogP contribution in [-0.2, 0) is 31.0 Å². The molecule has 13 heteroatoms. The normalized spacial score (nSPS) is 21.7. The van der Waals surface area contributed by atoms with Gasteiger partial charge in [-0.1, -0.05) is 56.3 Å². The fourth-order valence-corrected chi connectivity index (χ4v) is 8.31. The number of methoxy groups -OCH3 is 1. The fourth-order valence-electron chi connectivity index (χ4n) is 8.31. The van der Waals surface area contributed by atoms with E-state index in [4.69, 9.17) is 28.3 Å². The zero-order valence-corrected chi connectivity index (χ0v) is 28.3. The molecule has 6 aromatic rings. The number of H-pyrrole nitrogens is 1. The molecule has 4 aliphatic rings. The first-order valence-electron chi connectivity index (χ1n) is 17.2. The lowest BCUT2D eigenvalue weighted by atomic mass is 9.72. The molecular formula is C39H32N6O7. The van der Waals surface area contributed by atoms with Crippen molar-refractivity contribution in [1.29, 1.82) is 0 Å². The lowest BCUT2D eigenvalue weighted by Crippen LogP contribution is -2.50. The fraction of sp³-hybridized carbons (Fsp3) is 0.256. The molecule has 4 aliphatic heterocycles. The summed E-state index contributed by atoms with van der Waals surface area (Å²) in [6.45, 7) is 3.90. The van der Waals surface area contributed by atoms with Crippen LogP contribution < -0.4 is 20.7 Å². The number of carbonyl (C=O) groups excluding carboxylic acids is 3. The van der Waals surface area contributed by atoms with Crippen LogP contribution in [0.3, 0.4) is 0 Å². The van der Waals surface area contributed by atoms with Crippen molar-refractivity contribution in [2.45, 2.75) is 50.4 Å². The highest BCUT2D eigenvalue weighted by atomic mass is 16.5. The molecule has 52 heavy (non-hydrogen) atoms. The number of benzene rings is 3.